The predicted octanol–water partition coefficient (Wildman–Crippen LogP) is 1.68. The summed E-state index contributed by atoms with van der Waals surface area (Å²) in [5, 5.41) is 22.4. The molecule has 96 valence electrons. The van der Waals surface area contributed by atoms with Gasteiger partial charge in [0.1, 0.15) is 0 Å². The lowest BCUT2D eigenvalue weighted by Gasteiger charge is -2.07. The first-order valence-corrected chi connectivity index (χ1v) is 6.57. The van der Waals surface area contributed by atoms with Crippen molar-refractivity contribution >= 4 is 17.3 Å². The number of hydrogen-bond donors (Lipinski definition) is 1. The van der Waals surface area contributed by atoms with Crippen LogP contribution in [0.1, 0.15) is 19.4 Å². The summed E-state index contributed by atoms with van der Waals surface area (Å²) in [6.45, 7) is 3.99. The smallest absolute Gasteiger partial charge is 0.308 e. The van der Waals surface area contributed by atoms with Gasteiger partial charge in [-0.25, -0.2) is 4.68 Å². The number of nitrogens with zero attached hydrogens (tertiary/aromatic N) is 4. The van der Waals surface area contributed by atoms with Crippen LogP contribution in [-0.2, 0) is 17.8 Å². The van der Waals surface area contributed by atoms with Crippen molar-refractivity contribution in [3.05, 3.63) is 17.0 Å². The van der Waals surface area contributed by atoms with Crippen LogP contribution in [0.3, 0.4) is 0 Å². The van der Waals surface area contributed by atoms with Crippen LogP contribution < -0.4 is 0 Å². The first kappa shape index (κ1) is 12.7. The summed E-state index contributed by atoms with van der Waals surface area (Å²) in [6.07, 6.45) is 0.903. The lowest BCUT2D eigenvalue weighted by molar-refractivity contribution is -0.141. The van der Waals surface area contributed by atoms with Crippen LogP contribution >= 0.6 is 11.3 Å². The molecule has 0 aliphatic rings. The van der Waals surface area contributed by atoms with Gasteiger partial charge in [-0.05, 0) is 33.9 Å². The Balaban J connectivity index is 2.30. The van der Waals surface area contributed by atoms with Gasteiger partial charge in [0.2, 0.25) is 0 Å². The lowest BCUT2D eigenvalue weighted by Crippen LogP contribution is -2.18. The first-order chi connectivity index (χ1) is 8.63. The molecule has 0 aliphatic carbocycles. The average Bonchev–Trinajstić information content (AvgIpc) is 2.95. The number of aromatic nitrogens is 4. The van der Waals surface area contributed by atoms with Crippen molar-refractivity contribution in [2.75, 3.05) is 0 Å². The number of carboxylic acid groups (broad SMARTS) is 1. The Morgan fingerprint density at radius 1 is 1.61 bits per heavy atom. The zero-order valence-electron chi connectivity index (χ0n) is 10.2. The first-order valence-electron chi connectivity index (χ1n) is 5.69. The minimum Gasteiger partial charge on any atom is -0.481 e. The Labute approximate surface area is 108 Å². The number of carboxylic acids is 1. The van der Waals surface area contributed by atoms with Gasteiger partial charge in [-0.1, -0.05) is 13.8 Å². The van der Waals surface area contributed by atoms with Crippen molar-refractivity contribution in [2.45, 2.75) is 26.8 Å². The third kappa shape index (κ3) is 2.40. The molecule has 2 rings (SSSR count). The minimum absolute atomic E-state index is 0.277. The molecule has 1 N–H and O–H groups in total. The lowest BCUT2D eigenvalue weighted by atomic mass is 10.2. The Morgan fingerprint density at radius 2 is 2.39 bits per heavy atom. The van der Waals surface area contributed by atoms with Crippen molar-refractivity contribution in [3.63, 3.8) is 0 Å². The fourth-order valence-electron chi connectivity index (χ4n) is 1.64. The molecule has 0 bridgehead atoms. The van der Waals surface area contributed by atoms with E-state index in [0.29, 0.717) is 5.82 Å². The molecule has 0 aliphatic heterocycles. The molecule has 2 heterocycles. The fourth-order valence-corrected chi connectivity index (χ4v) is 2.62. The number of hydrogen-bond acceptors (Lipinski definition) is 5. The van der Waals surface area contributed by atoms with E-state index in [-0.39, 0.29) is 6.54 Å². The van der Waals surface area contributed by atoms with E-state index in [9.17, 15) is 4.79 Å². The number of thiophene rings is 1. The summed E-state index contributed by atoms with van der Waals surface area (Å²) in [4.78, 5) is 11.9. The van der Waals surface area contributed by atoms with Gasteiger partial charge in [0.15, 0.2) is 5.82 Å². The highest BCUT2D eigenvalue weighted by molar-refractivity contribution is 7.13. The van der Waals surface area contributed by atoms with Gasteiger partial charge in [0.05, 0.1) is 17.3 Å². The minimum atomic E-state index is -0.849. The van der Waals surface area contributed by atoms with E-state index in [2.05, 4.69) is 22.4 Å². The third-order valence-electron chi connectivity index (χ3n) is 2.73. The summed E-state index contributed by atoms with van der Waals surface area (Å²) >= 11 is 1.57. The molecule has 0 saturated heterocycles. The summed E-state index contributed by atoms with van der Waals surface area (Å²) in [7, 11) is 0. The van der Waals surface area contributed by atoms with E-state index in [1.165, 1.54) is 5.56 Å². The Morgan fingerprint density at radius 3 is 3.06 bits per heavy atom. The monoisotopic (exact) mass is 266 g/mol. The maximum Gasteiger partial charge on any atom is 0.308 e. The number of aryl methyl sites for hydroxylation is 1. The molecule has 0 saturated carbocycles. The number of rotatable bonds is 5. The molecule has 2 aromatic heterocycles. The molecule has 7 heteroatoms. The molecule has 18 heavy (non-hydrogen) atoms. The van der Waals surface area contributed by atoms with Crippen molar-refractivity contribution in [2.24, 2.45) is 5.92 Å². The van der Waals surface area contributed by atoms with E-state index >= 15 is 0 Å². The predicted molar refractivity (Wildman–Crippen MR) is 67.3 cm³/mol. The van der Waals surface area contributed by atoms with Crippen LogP contribution in [0.2, 0.25) is 0 Å². The highest BCUT2D eigenvalue weighted by Gasteiger charge is 2.18. The van der Waals surface area contributed by atoms with Gasteiger partial charge >= 0.3 is 5.97 Å². The fraction of sp³-hybridized carbons (Fsp3) is 0.455. The number of carbonyl (C=O) groups is 1. The van der Waals surface area contributed by atoms with Gasteiger partial charge in [0, 0.05) is 0 Å². The normalized spacial score (nSPS) is 12.6. The number of aliphatic carboxylic acids is 1. The number of tetrazole rings is 1. The maximum absolute atomic E-state index is 10.9. The van der Waals surface area contributed by atoms with Gasteiger partial charge in [0.25, 0.3) is 0 Å². The SMILES string of the molecule is CCc1ccsc1-c1nnnn1CC(C)C(=O)O. The van der Waals surface area contributed by atoms with Crippen molar-refractivity contribution in [1.82, 2.24) is 20.2 Å². The Kier molecular flexibility index (Phi) is 3.71. The van der Waals surface area contributed by atoms with E-state index < -0.39 is 11.9 Å². The molecule has 0 radical (unpaired) electrons. The quantitative estimate of drug-likeness (QED) is 0.890. The topological polar surface area (TPSA) is 80.9 Å². The molecule has 0 amide bonds. The van der Waals surface area contributed by atoms with Gasteiger partial charge in [-0.3, -0.25) is 4.79 Å². The third-order valence-corrected chi connectivity index (χ3v) is 3.68. The maximum atomic E-state index is 10.9. The van der Waals surface area contributed by atoms with E-state index in [4.69, 9.17) is 5.11 Å². The van der Waals surface area contributed by atoms with Gasteiger partial charge in [-0.15, -0.1) is 16.4 Å². The largest absolute Gasteiger partial charge is 0.481 e. The summed E-state index contributed by atoms with van der Waals surface area (Å²) in [5.41, 5.74) is 1.18. The summed E-state index contributed by atoms with van der Waals surface area (Å²) in [5.74, 6) is -0.717. The van der Waals surface area contributed by atoms with Crippen molar-refractivity contribution < 1.29 is 9.90 Å². The van der Waals surface area contributed by atoms with Crippen LogP contribution in [0.15, 0.2) is 11.4 Å². The molecule has 0 spiro atoms. The molecule has 0 fully saturated rings. The van der Waals surface area contributed by atoms with E-state index in [0.717, 1.165) is 11.3 Å². The molecule has 1 atom stereocenters. The molecule has 6 nitrogen and oxygen atoms in total. The van der Waals surface area contributed by atoms with Crippen LogP contribution in [0.25, 0.3) is 10.7 Å². The zero-order chi connectivity index (χ0) is 13.1. The van der Waals surface area contributed by atoms with E-state index in [1.807, 2.05) is 11.4 Å². The van der Waals surface area contributed by atoms with E-state index in [1.54, 1.807) is 22.9 Å². The van der Waals surface area contributed by atoms with Gasteiger partial charge < -0.3 is 5.11 Å². The second kappa shape index (κ2) is 5.26. The second-order valence-electron chi connectivity index (χ2n) is 4.05. The molecule has 2 aromatic rings. The van der Waals surface area contributed by atoms with Crippen LogP contribution in [0, 0.1) is 5.92 Å². The molecular formula is C11H14N4O2S. The summed E-state index contributed by atoms with van der Waals surface area (Å²) < 4.78 is 1.56. The second-order valence-corrected chi connectivity index (χ2v) is 4.97. The molecule has 0 aromatic carbocycles. The van der Waals surface area contributed by atoms with Crippen LogP contribution in [0.5, 0.6) is 0 Å². The highest BCUT2D eigenvalue weighted by Crippen LogP contribution is 2.28. The van der Waals surface area contributed by atoms with Crippen LogP contribution in [-0.4, -0.2) is 31.3 Å². The van der Waals surface area contributed by atoms with Crippen molar-refractivity contribution in [1.29, 1.82) is 0 Å². The molecule has 1 unspecified atom stereocenters. The average molecular weight is 266 g/mol. The van der Waals surface area contributed by atoms with Crippen molar-refractivity contribution in [3.8, 4) is 10.7 Å². The Bertz CT molecular complexity index is 549. The van der Waals surface area contributed by atoms with Gasteiger partial charge in [-0.2, -0.15) is 0 Å². The van der Waals surface area contributed by atoms with Crippen LogP contribution in [0.4, 0.5) is 0 Å². The summed E-state index contributed by atoms with van der Waals surface area (Å²) in [6, 6.07) is 2.04. The highest BCUT2D eigenvalue weighted by atomic mass is 32.1. The molecular weight excluding hydrogens is 252 g/mol. The standard InChI is InChI=1S/C11H14N4O2S/c1-3-8-4-5-18-9(8)10-12-13-14-15(10)6-7(2)11(16)17/h4-5,7H,3,6H2,1-2H3,(H,16,17). The Hall–Kier alpha value is -1.76. The zero-order valence-corrected chi connectivity index (χ0v) is 11.0.